The van der Waals surface area contributed by atoms with Crippen LogP contribution in [0, 0.1) is 0 Å². The number of carbonyl (C=O) groups excluding carboxylic acids is 2. The number of hydrogen-bond acceptors (Lipinski definition) is 5. The normalized spacial score (nSPS) is 15.4. The minimum atomic E-state index is -3.88. The van der Waals surface area contributed by atoms with Crippen LogP contribution in [0.4, 0.5) is 0 Å². The van der Waals surface area contributed by atoms with Crippen LogP contribution in [0.1, 0.15) is 30.1 Å². The van der Waals surface area contributed by atoms with Crippen LogP contribution in [-0.4, -0.2) is 52.6 Å². The minimum Gasteiger partial charge on any atom is -0.383 e. The number of amides is 2. The molecule has 0 unspecified atom stereocenters. The monoisotopic (exact) mass is 369 g/mol. The fraction of sp³-hybridized carbons (Fsp3) is 0.500. The van der Waals surface area contributed by atoms with Gasteiger partial charge in [0.05, 0.1) is 18.0 Å². The Morgan fingerprint density at radius 1 is 1.32 bits per heavy atom. The highest BCUT2D eigenvalue weighted by molar-refractivity contribution is 7.89. The van der Waals surface area contributed by atoms with Crippen molar-refractivity contribution in [2.45, 2.75) is 36.7 Å². The third kappa shape index (κ3) is 6.11. The first kappa shape index (κ1) is 19.4. The summed E-state index contributed by atoms with van der Waals surface area (Å²) in [5.74, 6) is -0.763. The summed E-state index contributed by atoms with van der Waals surface area (Å²) in [5.41, 5.74) is 0.216. The molecule has 25 heavy (non-hydrogen) atoms. The predicted molar refractivity (Wildman–Crippen MR) is 91.6 cm³/mol. The van der Waals surface area contributed by atoms with E-state index in [4.69, 9.17) is 4.74 Å². The molecule has 0 aromatic heterocycles. The second-order valence-corrected chi connectivity index (χ2v) is 7.79. The highest BCUT2D eigenvalue weighted by atomic mass is 32.2. The summed E-state index contributed by atoms with van der Waals surface area (Å²) < 4.78 is 31.8. The van der Waals surface area contributed by atoms with Gasteiger partial charge in [0.25, 0.3) is 5.91 Å². The molecular weight excluding hydrogens is 346 g/mol. The van der Waals surface area contributed by atoms with Gasteiger partial charge in [0.1, 0.15) is 0 Å². The minimum absolute atomic E-state index is 0.0706. The molecule has 0 radical (unpaired) electrons. The quantitative estimate of drug-likeness (QED) is 0.567. The van der Waals surface area contributed by atoms with Crippen molar-refractivity contribution >= 4 is 21.8 Å². The van der Waals surface area contributed by atoms with Crippen LogP contribution in [0.25, 0.3) is 0 Å². The SMILES string of the molecule is COC[C@@H](C)NC(=O)c1cccc(S(=O)(=O)NCC(=O)NC2CC2)c1. The second-order valence-electron chi connectivity index (χ2n) is 6.02. The Morgan fingerprint density at radius 3 is 2.68 bits per heavy atom. The van der Waals surface area contributed by atoms with Crippen LogP contribution in [0.5, 0.6) is 0 Å². The summed E-state index contributed by atoms with van der Waals surface area (Å²) in [6.07, 6.45) is 1.86. The van der Waals surface area contributed by atoms with Crippen molar-refractivity contribution in [1.29, 1.82) is 0 Å². The van der Waals surface area contributed by atoms with Crippen LogP contribution < -0.4 is 15.4 Å². The first-order valence-electron chi connectivity index (χ1n) is 8.00. The van der Waals surface area contributed by atoms with Crippen molar-refractivity contribution in [3.8, 4) is 0 Å². The molecule has 2 rings (SSSR count). The van der Waals surface area contributed by atoms with Gasteiger partial charge in [-0.05, 0) is 38.0 Å². The van der Waals surface area contributed by atoms with Gasteiger partial charge in [-0.3, -0.25) is 9.59 Å². The van der Waals surface area contributed by atoms with E-state index in [-0.39, 0.29) is 35.0 Å². The van der Waals surface area contributed by atoms with E-state index in [9.17, 15) is 18.0 Å². The van der Waals surface area contributed by atoms with Crippen molar-refractivity contribution in [2.24, 2.45) is 0 Å². The van der Waals surface area contributed by atoms with Crippen molar-refractivity contribution in [3.63, 3.8) is 0 Å². The molecule has 0 aliphatic heterocycles. The van der Waals surface area contributed by atoms with Gasteiger partial charge >= 0.3 is 0 Å². The number of methoxy groups -OCH3 is 1. The van der Waals surface area contributed by atoms with E-state index < -0.39 is 15.9 Å². The molecule has 1 aromatic carbocycles. The number of hydrogen-bond donors (Lipinski definition) is 3. The van der Waals surface area contributed by atoms with Crippen LogP contribution in [0.2, 0.25) is 0 Å². The number of ether oxygens (including phenoxy) is 1. The average Bonchev–Trinajstić information content (AvgIpc) is 3.37. The molecule has 1 aliphatic rings. The Balaban J connectivity index is 2.00. The lowest BCUT2D eigenvalue weighted by molar-refractivity contribution is -0.120. The molecule has 0 saturated heterocycles. The van der Waals surface area contributed by atoms with E-state index in [0.717, 1.165) is 12.8 Å². The van der Waals surface area contributed by atoms with E-state index in [1.165, 1.54) is 31.4 Å². The molecule has 8 nitrogen and oxygen atoms in total. The molecule has 1 saturated carbocycles. The Hall–Kier alpha value is -1.97. The van der Waals surface area contributed by atoms with E-state index in [2.05, 4.69) is 15.4 Å². The topological polar surface area (TPSA) is 114 Å². The summed E-state index contributed by atoms with van der Waals surface area (Å²) in [4.78, 5) is 23.7. The van der Waals surface area contributed by atoms with Gasteiger partial charge in [-0.25, -0.2) is 13.1 Å². The Labute approximate surface area is 147 Å². The third-order valence-corrected chi connectivity index (χ3v) is 4.96. The van der Waals surface area contributed by atoms with E-state index >= 15 is 0 Å². The lowest BCUT2D eigenvalue weighted by atomic mass is 10.2. The fourth-order valence-electron chi connectivity index (χ4n) is 2.15. The molecule has 3 N–H and O–H groups in total. The number of rotatable bonds is 9. The number of nitrogens with one attached hydrogen (secondary N) is 3. The van der Waals surface area contributed by atoms with Gasteiger partial charge in [-0.15, -0.1) is 0 Å². The van der Waals surface area contributed by atoms with Crippen LogP contribution in [0.3, 0.4) is 0 Å². The van der Waals surface area contributed by atoms with Crippen LogP contribution >= 0.6 is 0 Å². The number of carbonyl (C=O) groups is 2. The zero-order valence-corrected chi connectivity index (χ0v) is 15.1. The maximum absolute atomic E-state index is 12.3. The largest absolute Gasteiger partial charge is 0.383 e. The third-order valence-electron chi connectivity index (χ3n) is 3.57. The molecule has 1 aliphatic carbocycles. The molecule has 0 spiro atoms. The van der Waals surface area contributed by atoms with Gasteiger partial charge in [0.2, 0.25) is 15.9 Å². The summed E-state index contributed by atoms with van der Waals surface area (Å²) in [5, 5.41) is 5.41. The standard InChI is InChI=1S/C16H23N3O5S/c1-11(10-24-2)18-16(21)12-4-3-5-14(8-12)25(22,23)17-9-15(20)19-13-6-7-13/h3-5,8,11,13,17H,6-7,9-10H2,1-2H3,(H,18,21)(H,19,20)/t11-/m1/s1. The van der Waals surface area contributed by atoms with Crippen molar-refractivity contribution in [2.75, 3.05) is 20.3 Å². The Morgan fingerprint density at radius 2 is 2.04 bits per heavy atom. The molecule has 1 atom stereocenters. The Bertz CT molecular complexity index is 731. The first-order valence-corrected chi connectivity index (χ1v) is 9.49. The lowest BCUT2D eigenvalue weighted by Gasteiger charge is -2.13. The maximum Gasteiger partial charge on any atom is 0.251 e. The van der Waals surface area contributed by atoms with Gasteiger partial charge in [-0.2, -0.15) is 0 Å². The Kier molecular flexibility index (Phi) is 6.51. The number of benzene rings is 1. The molecule has 1 fully saturated rings. The van der Waals surface area contributed by atoms with Crippen LogP contribution in [-0.2, 0) is 19.6 Å². The summed E-state index contributed by atoms with van der Waals surface area (Å²) in [6.45, 7) is 1.80. The summed E-state index contributed by atoms with van der Waals surface area (Å²) in [7, 11) is -2.35. The molecule has 0 heterocycles. The van der Waals surface area contributed by atoms with Gasteiger partial charge in [0.15, 0.2) is 0 Å². The van der Waals surface area contributed by atoms with Crippen molar-refractivity contribution in [1.82, 2.24) is 15.4 Å². The van der Waals surface area contributed by atoms with Crippen molar-refractivity contribution < 1.29 is 22.7 Å². The molecule has 2 amide bonds. The number of sulfonamides is 1. The first-order chi connectivity index (χ1) is 11.8. The molecule has 0 bridgehead atoms. The zero-order valence-electron chi connectivity index (χ0n) is 14.2. The average molecular weight is 369 g/mol. The van der Waals surface area contributed by atoms with Gasteiger partial charge in [-0.1, -0.05) is 6.07 Å². The summed E-state index contributed by atoms with van der Waals surface area (Å²) >= 11 is 0. The molecule has 9 heteroatoms. The van der Waals surface area contributed by atoms with Gasteiger partial charge < -0.3 is 15.4 Å². The predicted octanol–water partition coefficient (Wildman–Crippen LogP) is 0.00820. The summed E-state index contributed by atoms with van der Waals surface area (Å²) in [6, 6.07) is 5.61. The van der Waals surface area contributed by atoms with E-state index in [1.54, 1.807) is 6.92 Å². The highest BCUT2D eigenvalue weighted by Gasteiger charge is 2.24. The van der Waals surface area contributed by atoms with Crippen molar-refractivity contribution in [3.05, 3.63) is 29.8 Å². The highest BCUT2D eigenvalue weighted by Crippen LogP contribution is 2.18. The lowest BCUT2D eigenvalue weighted by Crippen LogP contribution is -2.38. The van der Waals surface area contributed by atoms with E-state index in [0.29, 0.717) is 6.61 Å². The zero-order chi connectivity index (χ0) is 18.4. The molecular formula is C16H23N3O5S. The molecule has 138 valence electrons. The second kappa shape index (κ2) is 8.41. The maximum atomic E-state index is 12.3. The van der Waals surface area contributed by atoms with Crippen LogP contribution in [0.15, 0.2) is 29.2 Å². The smallest absolute Gasteiger partial charge is 0.251 e. The van der Waals surface area contributed by atoms with Gasteiger partial charge in [0, 0.05) is 24.8 Å². The van der Waals surface area contributed by atoms with E-state index in [1.807, 2.05) is 0 Å². The molecule has 1 aromatic rings. The fourth-order valence-corrected chi connectivity index (χ4v) is 3.18.